The maximum absolute atomic E-state index is 9.00. The van der Waals surface area contributed by atoms with Crippen LogP contribution in [0.5, 0.6) is 0 Å². The molecule has 0 aliphatic rings. The molecule has 6 heavy (non-hydrogen) atoms. The second kappa shape index (κ2) is 9.23. The van der Waals surface area contributed by atoms with Gasteiger partial charge in [-0.25, -0.2) is 0 Å². The number of carboxylic acids is 1. The van der Waals surface area contributed by atoms with E-state index in [4.69, 9.17) is 9.90 Å². The monoisotopic (exact) mass is 141 g/mol. The molecule has 35 valence electrons. The Morgan fingerprint density at radius 3 is 1.67 bits per heavy atom. The standard InChI is InChI=1S/C2H4O2.Mg.Mn.2H/c1-2(3)4;;;;/h1H3,(H,3,4);;;;. The minimum Gasteiger partial charge on any atom is -0.481 e. The largest absolute Gasteiger partial charge is 0.481 e. The molecule has 4 heteroatoms. The number of aliphatic carboxylic acids is 1. The predicted molar refractivity (Wildman–Crippen MR) is 21.9 cm³/mol. The average Bonchev–Trinajstić information content (AvgIpc) is 0.811. The third-order valence-electron chi connectivity index (χ3n) is 0. The third kappa shape index (κ3) is 117. The van der Waals surface area contributed by atoms with Crippen molar-refractivity contribution >= 4 is 29.0 Å². The fourth-order valence-electron chi connectivity index (χ4n) is 0. The average molecular weight is 141 g/mol. The van der Waals surface area contributed by atoms with E-state index in [0.29, 0.717) is 0 Å². The van der Waals surface area contributed by atoms with Crippen molar-refractivity contribution < 1.29 is 27.0 Å². The molecule has 0 aromatic heterocycles. The van der Waals surface area contributed by atoms with Crippen molar-refractivity contribution in [2.45, 2.75) is 6.92 Å². The van der Waals surface area contributed by atoms with Gasteiger partial charge in [0.2, 0.25) is 0 Å². The van der Waals surface area contributed by atoms with Crippen molar-refractivity contribution in [3.63, 3.8) is 0 Å². The molecular weight excluding hydrogens is 135 g/mol. The zero-order valence-electron chi connectivity index (χ0n) is 2.73. The van der Waals surface area contributed by atoms with Gasteiger partial charge in [0.05, 0.1) is 0 Å². The third-order valence-corrected chi connectivity index (χ3v) is 0. The molecule has 0 spiro atoms. The van der Waals surface area contributed by atoms with Crippen molar-refractivity contribution in [3.8, 4) is 0 Å². The van der Waals surface area contributed by atoms with E-state index in [1.807, 2.05) is 0 Å². The van der Waals surface area contributed by atoms with Crippen LogP contribution < -0.4 is 0 Å². The second-order valence-electron chi connectivity index (χ2n) is 0.519. The first-order chi connectivity index (χ1) is 1.73. The van der Waals surface area contributed by atoms with E-state index < -0.39 is 5.97 Å². The predicted octanol–water partition coefficient (Wildman–Crippen LogP) is -0.828. The van der Waals surface area contributed by atoms with E-state index in [1.54, 1.807) is 0 Å². The van der Waals surface area contributed by atoms with Crippen LogP contribution in [0, 0.1) is 0 Å². The van der Waals surface area contributed by atoms with E-state index in [2.05, 4.69) is 0 Å². The van der Waals surface area contributed by atoms with Crippen LogP contribution in [0.15, 0.2) is 0 Å². The summed E-state index contributed by atoms with van der Waals surface area (Å²) < 4.78 is 0. The summed E-state index contributed by atoms with van der Waals surface area (Å²) in [6, 6.07) is 0. The summed E-state index contributed by atoms with van der Waals surface area (Å²) in [4.78, 5) is 9.00. The van der Waals surface area contributed by atoms with E-state index in [1.165, 1.54) is 0 Å². The van der Waals surface area contributed by atoms with E-state index >= 15 is 0 Å². The van der Waals surface area contributed by atoms with Crippen LogP contribution >= 0.6 is 0 Å². The van der Waals surface area contributed by atoms with Crippen LogP contribution in [0.1, 0.15) is 6.92 Å². The molecule has 0 fully saturated rings. The molecule has 2 nitrogen and oxygen atoms in total. The Labute approximate surface area is 62.9 Å². The summed E-state index contributed by atoms with van der Waals surface area (Å²) >= 11 is 0. The fraction of sp³-hybridized carbons (Fsp3) is 0.500. The molecule has 0 amide bonds. The van der Waals surface area contributed by atoms with Gasteiger partial charge < -0.3 is 5.11 Å². The number of rotatable bonds is 0. The summed E-state index contributed by atoms with van der Waals surface area (Å²) in [6.07, 6.45) is 0. The number of hydrogen-bond acceptors (Lipinski definition) is 1. The normalized spacial score (nSPS) is 4.17. The van der Waals surface area contributed by atoms with E-state index in [9.17, 15) is 0 Å². The van der Waals surface area contributed by atoms with Gasteiger partial charge in [-0.3, -0.25) is 4.79 Å². The molecule has 0 aliphatic carbocycles. The minimum absolute atomic E-state index is 0. The molecule has 0 heterocycles. The van der Waals surface area contributed by atoms with E-state index in [0.717, 1.165) is 6.92 Å². The van der Waals surface area contributed by atoms with Gasteiger partial charge in [0.25, 0.3) is 5.97 Å². The van der Waals surface area contributed by atoms with E-state index in [-0.39, 0.29) is 40.1 Å². The van der Waals surface area contributed by atoms with Gasteiger partial charge >= 0.3 is 23.1 Å². The molecular formula is C2H6MgMnO2. The molecule has 1 N–H and O–H groups in total. The molecule has 0 saturated carbocycles. The van der Waals surface area contributed by atoms with Crippen LogP contribution in [0.4, 0.5) is 0 Å². The number of hydrogen-bond donors (Lipinski definition) is 1. The summed E-state index contributed by atoms with van der Waals surface area (Å²) in [5.74, 6) is -0.833. The Balaban J connectivity index is -0.0000000450. The first-order valence-electron chi connectivity index (χ1n) is 0.928. The van der Waals surface area contributed by atoms with Gasteiger partial charge in [-0.1, -0.05) is 0 Å². The summed E-state index contributed by atoms with van der Waals surface area (Å²) in [7, 11) is 0. The Morgan fingerprint density at radius 2 is 1.67 bits per heavy atom. The van der Waals surface area contributed by atoms with Crippen molar-refractivity contribution in [3.05, 3.63) is 0 Å². The fourth-order valence-corrected chi connectivity index (χ4v) is 0. The first-order valence-corrected chi connectivity index (χ1v) is 0.928. The van der Waals surface area contributed by atoms with Crippen LogP contribution in [-0.4, -0.2) is 34.1 Å². The van der Waals surface area contributed by atoms with Crippen molar-refractivity contribution in [1.29, 1.82) is 0 Å². The van der Waals surface area contributed by atoms with Gasteiger partial charge in [-0.05, 0) is 0 Å². The first kappa shape index (κ1) is 15.9. The Morgan fingerprint density at radius 1 is 1.67 bits per heavy atom. The molecule has 0 rings (SSSR count). The Hall–Kier alpha value is 0.756. The molecule has 0 atom stereocenters. The number of carbonyl (C=O) groups is 1. The van der Waals surface area contributed by atoms with Gasteiger partial charge in [-0.15, -0.1) is 0 Å². The number of carboxylic acid groups (broad SMARTS) is 1. The van der Waals surface area contributed by atoms with Crippen molar-refractivity contribution in [2.75, 3.05) is 0 Å². The van der Waals surface area contributed by atoms with Gasteiger partial charge in [0.1, 0.15) is 0 Å². The quantitative estimate of drug-likeness (QED) is 0.447. The zero-order chi connectivity index (χ0) is 3.58. The molecule has 0 aromatic rings. The molecule has 0 saturated heterocycles. The van der Waals surface area contributed by atoms with Crippen molar-refractivity contribution in [2.24, 2.45) is 0 Å². The minimum atomic E-state index is -0.833. The maximum atomic E-state index is 9.00. The second-order valence-corrected chi connectivity index (χ2v) is 0.519. The molecule has 0 unspecified atom stereocenters. The maximum Gasteiger partial charge on any atom is 0.316 e. The Bertz CT molecular complexity index is 34.5. The Kier molecular flexibility index (Phi) is 24.4. The summed E-state index contributed by atoms with van der Waals surface area (Å²) in [5.41, 5.74) is 0. The van der Waals surface area contributed by atoms with Crippen molar-refractivity contribution in [1.82, 2.24) is 0 Å². The summed E-state index contributed by atoms with van der Waals surface area (Å²) in [5, 5.41) is 7.42. The SMILES string of the molecule is CC(=O)O.[MgH2].[Mn]. The van der Waals surface area contributed by atoms with Crippen LogP contribution in [-0.2, 0) is 21.9 Å². The van der Waals surface area contributed by atoms with Crippen LogP contribution in [0.2, 0.25) is 0 Å². The summed E-state index contributed by atoms with van der Waals surface area (Å²) in [6.45, 7) is 1.08. The topological polar surface area (TPSA) is 37.3 Å². The van der Waals surface area contributed by atoms with Gasteiger partial charge in [-0.2, -0.15) is 0 Å². The van der Waals surface area contributed by atoms with Gasteiger partial charge in [0, 0.05) is 24.0 Å². The van der Waals surface area contributed by atoms with Gasteiger partial charge in [0.15, 0.2) is 0 Å². The van der Waals surface area contributed by atoms with Crippen LogP contribution in [0.25, 0.3) is 0 Å². The van der Waals surface area contributed by atoms with Crippen LogP contribution in [0.3, 0.4) is 0 Å². The molecule has 0 aromatic carbocycles. The molecule has 1 radical (unpaired) electrons. The smallest absolute Gasteiger partial charge is 0.316 e. The molecule has 0 bridgehead atoms. The molecule has 0 aliphatic heterocycles. The zero-order valence-corrected chi connectivity index (χ0v) is 3.91.